The van der Waals surface area contributed by atoms with Crippen LogP contribution in [0.3, 0.4) is 0 Å². The molecule has 88 valence electrons. The standard InChI is InChI=1S/C12H19N3O/c1-8-9(2)14-12(7-13-8)15-10-5-3-4-6-11(10)16/h7,10-11,16H,3-6H2,1-2H3,(H,14,15). The number of aryl methyl sites for hydroxylation is 2. The summed E-state index contributed by atoms with van der Waals surface area (Å²) in [6, 6.07) is 0.130. The molecule has 1 heterocycles. The van der Waals surface area contributed by atoms with E-state index in [1.807, 2.05) is 13.8 Å². The largest absolute Gasteiger partial charge is 0.391 e. The lowest BCUT2D eigenvalue weighted by Crippen LogP contribution is -2.36. The molecule has 1 saturated carbocycles. The van der Waals surface area contributed by atoms with Crippen molar-refractivity contribution in [1.82, 2.24) is 9.97 Å². The van der Waals surface area contributed by atoms with Crippen LogP contribution in [0.15, 0.2) is 6.20 Å². The number of aliphatic hydroxyl groups excluding tert-OH is 1. The van der Waals surface area contributed by atoms with Gasteiger partial charge in [0.1, 0.15) is 5.82 Å². The third-order valence-electron chi connectivity index (χ3n) is 3.26. The maximum Gasteiger partial charge on any atom is 0.145 e. The van der Waals surface area contributed by atoms with Crippen molar-refractivity contribution >= 4 is 5.82 Å². The molecule has 4 heteroatoms. The van der Waals surface area contributed by atoms with Gasteiger partial charge in [-0.3, -0.25) is 4.98 Å². The van der Waals surface area contributed by atoms with Crippen molar-refractivity contribution in [1.29, 1.82) is 0 Å². The van der Waals surface area contributed by atoms with Crippen molar-refractivity contribution in [3.63, 3.8) is 0 Å². The molecule has 0 amide bonds. The van der Waals surface area contributed by atoms with Crippen molar-refractivity contribution in [3.05, 3.63) is 17.6 Å². The first-order valence-corrected chi connectivity index (χ1v) is 5.91. The summed E-state index contributed by atoms with van der Waals surface area (Å²) in [6.07, 6.45) is 5.68. The van der Waals surface area contributed by atoms with E-state index in [9.17, 15) is 5.11 Å². The van der Waals surface area contributed by atoms with Gasteiger partial charge in [-0.05, 0) is 26.7 Å². The van der Waals surface area contributed by atoms with Crippen LogP contribution < -0.4 is 5.32 Å². The van der Waals surface area contributed by atoms with Crippen LogP contribution >= 0.6 is 0 Å². The average molecular weight is 221 g/mol. The average Bonchev–Trinajstić information content (AvgIpc) is 2.27. The highest BCUT2D eigenvalue weighted by Crippen LogP contribution is 2.21. The molecule has 1 aromatic rings. The molecular formula is C12H19N3O. The van der Waals surface area contributed by atoms with Crippen LogP contribution in [0.1, 0.15) is 37.1 Å². The first kappa shape index (κ1) is 11.3. The zero-order valence-electron chi connectivity index (χ0n) is 9.90. The highest BCUT2D eigenvalue weighted by molar-refractivity contribution is 5.35. The maximum absolute atomic E-state index is 9.84. The van der Waals surface area contributed by atoms with Gasteiger partial charge in [0.25, 0.3) is 0 Å². The molecule has 2 atom stereocenters. The van der Waals surface area contributed by atoms with Gasteiger partial charge >= 0.3 is 0 Å². The van der Waals surface area contributed by atoms with Gasteiger partial charge in [-0.1, -0.05) is 12.8 Å². The highest BCUT2D eigenvalue weighted by Gasteiger charge is 2.23. The molecule has 0 bridgehead atoms. The first-order chi connectivity index (χ1) is 7.66. The summed E-state index contributed by atoms with van der Waals surface area (Å²) in [5.74, 6) is 0.772. The molecule has 1 aliphatic rings. The Kier molecular flexibility index (Phi) is 3.39. The summed E-state index contributed by atoms with van der Waals surface area (Å²) in [5, 5.41) is 13.1. The fraction of sp³-hybridized carbons (Fsp3) is 0.667. The van der Waals surface area contributed by atoms with Crippen LogP contribution in [0.5, 0.6) is 0 Å². The molecule has 0 radical (unpaired) electrons. The molecule has 2 N–H and O–H groups in total. The van der Waals surface area contributed by atoms with Gasteiger partial charge in [-0.15, -0.1) is 0 Å². The minimum atomic E-state index is -0.253. The Morgan fingerprint density at radius 2 is 2.00 bits per heavy atom. The van der Waals surface area contributed by atoms with Gasteiger partial charge in [0.05, 0.1) is 29.7 Å². The van der Waals surface area contributed by atoms with Crippen molar-refractivity contribution in [3.8, 4) is 0 Å². The summed E-state index contributed by atoms with van der Waals surface area (Å²) in [7, 11) is 0. The van der Waals surface area contributed by atoms with E-state index >= 15 is 0 Å². The van der Waals surface area contributed by atoms with Crippen LogP contribution in [0, 0.1) is 13.8 Å². The summed E-state index contributed by atoms with van der Waals surface area (Å²) < 4.78 is 0. The van der Waals surface area contributed by atoms with E-state index in [-0.39, 0.29) is 12.1 Å². The van der Waals surface area contributed by atoms with E-state index in [0.717, 1.165) is 36.5 Å². The Morgan fingerprint density at radius 1 is 1.25 bits per heavy atom. The Bertz CT molecular complexity index is 367. The van der Waals surface area contributed by atoms with Crippen molar-refractivity contribution in [2.75, 3.05) is 5.32 Å². The Labute approximate surface area is 96.1 Å². The predicted molar refractivity (Wildman–Crippen MR) is 63.4 cm³/mol. The highest BCUT2D eigenvalue weighted by atomic mass is 16.3. The molecule has 2 rings (SSSR count). The number of rotatable bonds is 2. The second-order valence-electron chi connectivity index (χ2n) is 4.53. The van der Waals surface area contributed by atoms with Crippen LogP contribution in [0.4, 0.5) is 5.82 Å². The Balaban J connectivity index is 2.05. The van der Waals surface area contributed by atoms with Gasteiger partial charge in [0, 0.05) is 0 Å². The van der Waals surface area contributed by atoms with E-state index in [2.05, 4.69) is 15.3 Å². The second kappa shape index (κ2) is 4.78. The molecule has 4 nitrogen and oxygen atoms in total. The fourth-order valence-corrected chi connectivity index (χ4v) is 2.08. The van der Waals surface area contributed by atoms with E-state index in [4.69, 9.17) is 0 Å². The lowest BCUT2D eigenvalue weighted by Gasteiger charge is -2.28. The molecule has 1 fully saturated rings. The topological polar surface area (TPSA) is 58.0 Å². The molecule has 0 aromatic carbocycles. The fourth-order valence-electron chi connectivity index (χ4n) is 2.08. The minimum Gasteiger partial charge on any atom is -0.391 e. The summed E-state index contributed by atoms with van der Waals surface area (Å²) in [4.78, 5) is 8.68. The Morgan fingerprint density at radius 3 is 2.69 bits per heavy atom. The Hall–Kier alpha value is -1.16. The summed E-state index contributed by atoms with van der Waals surface area (Å²) in [5.41, 5.74) is 1.89. The third kappa shape index (κ3) is 2.50. The number of hydrogen-bond donors (Lipinski definition) is 2. The molecule has 2 unspecified atom stereocenters. The molecule has 0 spiro atoms. The van der Waals surface area contributed by atoms with Crippen molar-refractivity contribution < 1.29 is 5.11 Å². The number of aromatic nitrogens is 2. The zero-order valence-corrected chi connectivity index (χ0v) is 9.90. The summed E-state index contributed by atoms with van der Waals surface area (Å²) in [6.45, 7) is 3.90. The summed E-state index contributed by atoms with van der Waals surface area (Å²) >= 11 is 0. The molecular weight excluding hydrogens is 202 g/mol. The van der Waals surface area contributed by atoms with Crippen LogP contribution in [0.25, 0.3) is 0 Å². The van der Waals surface area contributed by atoms with E-state index in [1.165, 1.54) is 6.42 Å². The van der Waals surface area contributed by atoms with Crippen molar-refractivity contribution in [2.24, 2.45) is 0 Å². The minimum absolute atomic E-state index is 0.130. The third-order valence-corrected chi connectivity index (χ3v) is 3.26. The van der Waals surface area contributed by atoms with Gasteiger partial charge in [-0.25, -0.2) is 4.98 Å². The van der Waals surface area contributed by atoms with Gasteiger partial charge in [0.2, 0.25) is 0 Å². The molecule has 16 heavy (non-hydrogen) atoms. The SMILES string of the molecule is Cc1ncc(NC2CCCCC2O)nc1C. The molecule has 1 aromatic heterocycles. The van der Waals surface area contributed by atoms with Crippen molar-refractivity contribution in [2.45, 2.75) is 51.7 Å². The zero-order chi connectivity index (χ0) is 11.5. The lowest BCUT2D eigenvalue weighted by molar-refractivity contribution is 0.116. The second-order valence-corrected chi connectivity index (χ2v) is 4.53. The number of aliphatic hydroxyl groups is 1. The van der Waals surface area contributed by atoms with E-state index in [1.54, 1.807) is 6.20 Å². The van der Waals surface area contributed by atoms with Crippen LogP contribution in [0.2, 0.25) is 0 Å². The normalized spacial score (nSPS) is 25.4. The van der Waals surface area contributed by atoms with Gasteiger partial charge in [0.15, 0.2) is 0 Å². The molecule has 0 aliphatic heterocycles. The van der Waals surface area contributed by atoms with Gasteiger partial charge < -0.3 is 10.4 Å². The van der Waals surface area contributed by atoms with Crippen LogP contribution in [-0.2, 0) is 0 Å². The van der Waals surface area contributed by atoms with E-state index in [0.29, 0.717) is 0 Å². The molecule has 1 aliphatic carbocycles. The monoisotopic (exact) mass is 221 g/mol. The van der Waals surface area contributed by atoms with Crippen LogP contribution in [-0.4, -0.2) is 27.2 Å². The number of nitrogens with one attached hydrogen (secondary N) is 1. The number of anilines is 1. The van der Waals surface area contributed by atoms with Gasteiger partial charge in [-0.2, -0.15) is 0 Å². The number of hydrogen-bond acceptors (Lipinski definition) is 4. The molecule has 0 saturated heterocycles. The van der Waals surface area contributed by atoms with E-state index < -0.39 is 0 Å². The predicted octanol–water partition coefficient (Wildman–Crippen LogP) is 1.81. The quantitative estimate of drug-likeness (QED) is 0.799. The maximum atomic E-state index is 9.84. The first-order valence-electron chi connectivity index (χ1n) is 5.91. The smallest absolute Gasteiger partial charge is 0.145 e. The number of nitrogens with zero attached hydrogens (tertiary/aromatic N) is 2. The lowest BCUT2D eigenvalue weighted by atomic mass is 9.93.